The number of aryl methyl sites for hydroxylation is 1. The van der Waals surface area contributed by atoms with Crippen LogP contribution in [0.5, 0.6) is 11.5 Å². The predicted octanol–water partition coefficient (Wildman–Crippen LogP) is 5.50. The van der Waals surface area contributed by atoms with Crippen molar-refractivity contribution in [3.8, 4) is 11.5 Å². The van der Waals surface area contributed by atoms with E-state index in [1.807, 2.05) is 0 Å². The molecule has 10 heteroatoms. The lowest BCUT2D eigenvalue weighted by atomic mass is 10.2. The second kappa shape index (κ2) is 9.23. The van der Waals surface area contributed by atoms with Crippen molar-refractivity contribution in [3.63, 3.8) is 0 Å². The van der Waals surface area contributed by atoms with Crippen molar-refractivity contribution in [3.05, 3.63) is 69.4 Å². The number of carbonyl (C=O) groups excluding carboxylic acids is 1. The van der Waals surface area contributed by atoms with Gasteiger partial charge in [0.25, 0.3) is 5.91 Å². The van der Waals surface area contributed by atoms with E-state index in [9.17, 15) is 13.6 Å². The van der Waals surface area contributed by atoms with E-state index in [1.54, 1.807) is 37.4 Å². The summed E-state index contributed by atoms with van der Waals surface area (Å²) in [6.45, 7) is -1.21. The Hall–Kier alpha value is -2.65. The van der Waals surface area contributed by atoms with E-state index in [1.165, 1.54) is 22.9 Å². The average Bonchev–Trinajstić information content (AvgIpc) is 3.12. The van der Waals surface area contributed by atoms with Crippen molar-refractivity contribution in [2.24, 2.45) is 0 Å². The number of nitrogens with one attached hydrogen (secondary N) is 1. The largest absolute Gasteiger partial charge is 0.470 e. The first-order chi connectivity index (χ1) is 13.8. The summed E-state index contributed by atoms with van der Waals surface area (Å²) >= 11 is 9.40. The van der Waals surface area contributed by atoms with Gasteiger partial charge in [-0.2, -0.15) is 13.9 Å². The SMILES string of the molecule is Cc1ccc(OC(F)F)c(NC(=O)c2ccn(COc3ccc(Br)cc3Cl)n2)c1. The van der Waals surface area contributed by atoms with Crippen LogP contribution >= 0.6 is 27.5 Å². The first-order valence-corrected chi connectivity index (χ1v) is 9.47. The summed E-state index contributed by atoms with van der Waals surface area (Å²) in [6.07, 6.45) is 1.55. The number of halogens is 4. The minimum atomic E-state index is -3.00. The second-order valence-electron chi connectivity index (χ2n) is 5.92. The molecule has 29 heavy (non-hydrogen) atoms. The lowest BCUT2D eigenvalue weighted by Crippen LogP contribution is -2.16. The molecule has 0 unspecified atom stereocenters. The fraction of sp³-hybridized carbons (Fsp3) is 0.158. The maximum absolute atomic E-state index is 12.6. The highest BCUT2D eigenvalue weighted by Gasteiger charge is 2.15. The van der Waals surface area contributed by atoms with E-state index in [0.717, 1.165) is 10.0 Å². The van der Waals surface area contributed by atoms with Gasteiger partial charge in [-0.1, -0.05) is 33.6 Å². The van der Waals surface area contributed by atoms with Crippen LogP contribution in [-0.2, 0) is 6.73 Å². The Morgan fingerprint density at radius 1 is 1.24 bits per heavy atom. The Morgan fingerprint density at radius 3 is 2.72 bits per heavy atom. The van der Waals surface area contributed by atoms with Crippen LogP contribution in [0.2, 0.25) is 5.02 Å². The van der Waals surface area contributed by atoms with Gasteiger partial charge in [0.05, 0.1) is 10.7 Å². The minimum absolute atomic E-state index is 0.0266. The summed E-state index contributed by atoms with van der Waals surface area (Å²) < 4.78 is 37.4. The highest BCUT2D eigenvalue weighted by atomic mass is 79.9. The lowest BCUT2D eigenvalue weighted by Gasteiger charge is -2.12. The van der Waals surface area contributed by atoms with Crippen molar-refractivity contribution in [1.82, 2.24) is 9.78 Å². The zero-order chi connectivity index (χ0) is 21.0. The van der Waals surface area contributed by atoms with Crippen LogP contribution in [0, 0.1) is 6.92 Å². The zero-order valence-electron chi connectivity index (χ0n) is 15.0. The smallest absolute Gasteiger partial charge is 0.387 e. The van der Waals surface area contributed by atoms with Crippen molar-refractivity contribution >= 4 is 39.1 Å². The van der Waals surface area contributed by atoms with Crippen LogP contribution in [0.1, 0.15) is 16.1 Å². The first kappa shape index (κ1) is 21.1. The van der Waals surface area contributed by atoms with Gasteiger partial charge in [-0.15, -0.1) is 0 Å². The maximum Gasteiger partial charge on any atom is 0.387 e. The predicted molar refractivity (Wildman–Crippen MR) is 108 cm³/mol. The summed E-state index contributed by atoms with van der Waals surface area (Å²) in [5, 5.41) is 7.08. The van der Waals surface area contributed by atoms with E-state index in [2.05, 4.69) is 31.1 Å². The molecule has 0 aliphatic carbocycles. The molecule has 0 bridgehead atoms. The molecular formula is C19H15BrClF2N3O3. The van der Waals surface area contributed by atoms with Gasteiger partial charge in [0.2, 0.25) is 0 Å². The van der Waals surface area contributed by atoms with E-state index in [4.69, 9.17) is 16.3 Å². The molecule has 6 nitrogen and oxygen atoms in total. The van der Waals surface area contributed by atoms with Crippen molar-refractivity contribution < 1.29 is 23.0 Å². The van der Waals surface area contributed by atoms with Gasteiger partial charge in [-0.25, -0.2) is 4.68 Å². The Kier molecular flexibility index (Phi) is 6.71. The van der Waals surface area contributed by atoms with Crippen LogP contribution in [0.25, 0.3) is 0 Å². The number of amides is 1. The Labute approximate surface area is 178 Å². The molecule has 1 aromatic heterocycles. The molecule has 2 aromatic carbocycles. The highest BCUT2D eigenvalue weighted by molar-refractivity contribution is 9.10. The molecule has 152 valence electrons. The van der Waals surface area contributed by atoms with Crippen LogP contribution in [0.4, 0.5) is 14.5 Å². The van der Waals surface area contributed by atoms with Gasteiger partial charge in [-0.05, 0) is 48.9 Å². The molecule has 3 aromatic rings. The summed E-state index contributed by atoms with van der Waals surface area (Å²) in [4.78, 5) is 12.4. The standard InChI is InChI=1S/C19H15BrClF2N3O3/c1-11-2-4-17(29-19(22)23)15(8-11)24-18(27)14-6-7-26(25-14)10-28-16-5-3-12(20)9-13(16)21/h2-9,19H,10H2,1H3,(H,24,27). The molecular weight excluding hydrogens is 472 g/mol. The number of carbonyl (C=O) groups is 1. The van der Waals surface area contributed by atoms with Crippen LogP contribution < -0.4 is 14.8 Å². The fourth-order valence-corrected chi connectivity index (χ4v) is 3.14. The van der Waals surface area contributed by atoms with Gasteiger partial charge < -0.3 is 14.8 Å². The summed E-state index contributed by atoms with van der Waals surface area (Å²) in [6, 6.07) is 11.2. The van der Waals surface area contributed by atoms with Crippen LogP contribution in [0.15, 0.2) is 53.1 Å². The van der Waals surface area contributed by atoms with Crippen LogP contribution in [0.3, 0.4) is 0 Å². The van der Waals surface area contributed by atoms with E-state index >= 15 is 0 Å². The number of aromatic nitrogens is 2. The van der Waals surface area contributed by atoms with Gasteiger partial charge in [0, 0.05) is 10.7 Å². The molecule has 0 aliphatic rings. The quantitative estimate of drug-likeness (QED) is 0.479. The normalized spacial score (nSPS) is 10.8. The first-order valence-electron chi connectivity index (χ1n) is 8.30. The monoisotopic (exact) mass is 485 g/mol. The summed E-state index contributed by atoms with van der Waals surface area (Å²) in [7, 11) is 0. The molecule has 0 saturated heterocycles. The van der Waals surface area contributed by atoms with Gasteiger partial charge >= 0.3 is 6.61 Å². The lowest BCUT2D eigenvalue weighted by molar-refractivity contribution is -0.0493. The maximum atomic E-state index is 12.6. The van der Waals surface area contributed by atoms with Gasteiger partial charge in [0.15, 0.2) is 12.4 Å². The Balaban J connectivity index is 1.67. The number of nitrogens with zero attached hydrogens (tertiary/aromatic N) is 2. The third kappa shape index (κ3) is 5.68. The summed E-state index contributed by atoms with van der Waals surface area (Å²) in [5.41, 5.74) is 0.981. The number of rotatable bonds is 7. The summed E-state index contributed by atoms with van der Waals surface area (Å²) in [5.74, 6) is -0.244. The second-order valence-corrected chi connectivity index (χ2v) is 7.24. The molecule has 1 N–H and O–H groups in total. The molecule has 1 amide bonds. The fourth-order valence-electron chi connectivity index (χ4n) is 2.41. The van der Waals surface area contributed by atoms with Gasteiger partial charge in [0.1, 0.15) is 11.5 Å². The minimum Gasteiger partial charge on any atom is -0.470 e. The van der Waals surface area contributed by atoms with Crippen molar-refractivity contribution in [2.75, 3.05) is 5.32 Å². The number of anilines is 1. The average molecular weight is 487 g/mol. The highest BCUT2D eigenvalue weighted by Crippen LogP contribution is 2.29. The third-order valence-electron chi connectivity index (χ3n) is 3.72. The number of alkyl halides is 2. The Bertz CT molecular complexity index is 1030. The number of ether oxygens (including phenoxy) is 2. The molecule has 1 heterocycles. The number of hydrogen-bond acceptors (Lipinski definition) is 4. The molecule has 3 rings (SSSR count). The molecule has 0 saturated carbocycles. The molecule has 0 aliphatic heterocycles. The van der Waals surface area contributed by atoms with E-state index in [0.29, 0.717) is 10.8 Å². The van der Waals surface area contributed by atoms with E-state index < -0.39 is 12.5 Å². The topological polar surface area (TPSA) is 65.4 Å². The van der Waals surface area contributed by atoms with Crippen LogP contribution in [-0.4, -0.2) is 22.3 Å². The molecule has 0 spiro atoms. The molecule has 0 radical (unpaired) electrons. The van der Waals surface area contributed by atoms with E-state index in [-0.39, 0.29) is 23.9 Å². The van der Waals surface area contributed by atoms with Crippen molar-refractivity contribution in [1.29, 1.82) is 0 Å². The van der Waals surface area contributed by atoms with Crippen molar-refractivity contribution in [2.45, 2.75) is 20.3 Å². The Morgan fingerprint density at radius 2 is 2.00 bits per heavy atom. The zero-order valence-corrected chi connectivity index (χ0v) is 17.4. The number of hydrogen-bond donors (Lipinski definition) is 1. The molecule has 0 fully saturated rings. The van der Waals surface area contributed by atoms with Gasteiger partial charge in [-0.3, -0.25) is 4.79 Å². The number of benzene rings is 2. The third-order valence-corrected chi connectivity index (χ3v) is 4.51. The molecule has 0 atom stereocenters.